The third-order valence-electron chi connectivity index (χ3n) is 5.83. The van der Waals surface area contributed by atoms with Gasteiger partial charge in [0.15, 0.2) is 0 Å². The fourth-order valence-corrected chi connectivity index (χ4v) is 4.24. The van der Waals surface area contributed by atoms with Gasteiger partial charge in [-0.25, -0.2) is 9.40 Å². The molecule has 2 aliphatic rings. The van der Waals surface area contributed by atoms with Crippen molar-refractivity contribution in [2.24, 2.45) is 16.3 Å². The van der Waals surface area contributed by atoms with Crippen LogP contribution in [0.15, 0.2) is 59.7 Å². The second-order valence-corrected chi connectivity index (χ2v) is 8.00. The van der Waals surface area contributed by atoms with Crippen LogP contribution in [0.4, 0.5) is 4.39 Å². The Morgan fingerprint density at radius 3 is 2.65 bits per heavy atom. The van der Waals surface area contributed by atoms with Crippen LogP contribution in [0.3, 0.4) is 0 Å². The van der Waals surface area contributed by atoms with Crippen molar-refractivity contribution in [1.29, 1.82) is 0 Å². The maximum atomic E-state index is 13.1. The topological polar surface area (TPSA) is 88.2 Å². The highest BCUT2D eigenvalue weighted by molar-refractivity contribution is 6.13. The third-order valence-corrected chi connectivity index (χ3v) is 5.83. The molecule has 8 heteroatoms. The number of piperidine rings is 1. The average molecular weight is 424 g/mol. The second kappa shape index (κ2) is 8.47. The highest BCUT2D eigenvalue weighted by Gasteiger charge is 2.53. The molecule has 2 aromatic rings. The van der Waals surface area contributed by atoms with Crippen molar-refractivity contribution in [2.75, 3.05) is 26.7 Å². The Bertz CT molecular complexity index is 996. The number of likely N-dealkylation sites (tertiary alicyclic amines) is 1. The van der Waals surface area contributed by atoms with E-state index in [1.54, 1.807) is 11.9 Å². The molecular formula is C23H25FN4O3. The van der Waals surface area contributed by atoms with Crippen LogP contribution in [-0.4, -0.2) is 60.2 Å². The molecule has 2 N–H and O–H groups in total. The van der Waals surface area contributed by atoms with E-state index in [0.717, 1.165) is 11.3 Å². The number of carbonyl (C=O) groups is 2. The maximum absolute atomic E-state index is 13.1. The van der Waals surface area contributed by atoms with Gasteiger partial charge in [0.25, 0.3) is 5.91 Å². The summed E-state index contributed by atoms with van der Waals surface area (Å²) in [5, 5.41) is 5.84. The molecule has 0 aliphatic carbocycles. The summed E-state index contributed by atoms with van der Waals surface area (Å²) in [5.41, 5.74) is 7.05. The van der Waals surface area contributed by atoms with Crippen molar-refractivity contribution in [3.8, 4) is 5.75 Å². The molecule has 1 fully saturated rings. The Morgan fingerprint density at radius 1 is 1.23 bits per heavy atom. The minimum absolute atomic E-state index is 0.0402. The Labute approximate surface area is 180 Å². The summed E-state index contributed by atoms with van der Waals surface area (Å²) < 4.78 is 18.6. The molecule has 2 aliphatic heterocycles. The first kappa shape index (κ1) is 21.0. The first-order valence-electron chi connectivity index (χ1n) is 10.2. The summed E-state index contributed by atoms with van der Waals surface area (Å²) in [4.78, 5) is 27.8. The number of hydrazone groups is 1. The van der Waals surface area contributed by atoms with Crippen molar-refractivity contribution < 1.29 is 18.7 Å². The number of nitrogens with two attached hydrogens (primary N) is 1. The fraction of sp³-hybridized carbons (Fsp3) is 0.348. The summed E-state index contributed by atoms with van der Waals surface area (Å²) in [6.07, 6.45) is 0.987. The van der Waals surface area contributed by atoms with E-state index in [4.69, 9.17) is 10.5 Å². The molecule has 0 spiro atoms. The van der Waals surface area contributed by atoms with Gasteiger partial charge >= 0.3 is 0 Å². The number of amides is 2. The Balaban J connectivity index is 1.48. The van der Waals surface area contributed by atoms with E-state index in [1.807, 2.05) is 30.3 Å². The van der Waals surface area contributed by atoms with E-state index < -0.39 is 11.5 Å². The molecule has 2 heterocycles. The zero-order chi connectivity index (χ0) is 22.0. The molecule has 0 radical (unpaired) electrons. The Kier molecular flexibility index (Phi) is 5.73. The standard InChI is InChI=1S/C23H25FN4O3/c1-27-22(30)23(13-16-5-3-2-4-6-16)15-28(12-11-20(23)26-27)21(29)19(25)14-31-18-9-7-17(24)8-10-18/h2-10,19H,11-15,25H2,1H3/t19-,23-/m1/s1. The summed E-state index contributed by atoms with van der Waals surface area (Å²) >= 11 is 0. The smallest absolute Gasteiger partial charge is 0.256 e. The van der Waals surface area contributed by atoms with Crippen molar-refractivity contribution in [1.82, 2.24) is 9.91 Å². The van der Waals surface area contributed by atoms with Gasteiger partial charge in [0.2, 0.25) is 5.91 Å². The quantitative estimate of drug-likeness (QED) is 0.766. The molecule has 7 nitrogen and oxygen atoms in total. The number of benzene rings is 2. The van der Waals surface area contributed by atoms with Crippen LogP contribution in [0.25, 0.3) is 0 Å². The van der Waals surface area contributed by atoms with Gasteiger partial charge in [-0.3, -0.25) is 9.59 Å². The van der Waals surface area contributed by atoms with Crippen molar-refractivity contribution in [3.63, 3.8) is 0 Å². The number of hydrogen-bond acceptors (Lipinski definition) is 5. The monoisotopic (exact) mass is 424 g/mol. The summed E-state index contributed by atoms with van der Waals surface area (Å²) in [7, 11) is 1.65. The highest BCUT2D eigenvalue weighted by atomic mass is 19.1. The summed E-state index contributed by atoms with van der Waals surface area (Å²) in [5.74, 6) is -0.324. The van der Waals surface area contributed by atoms with Crippen LogP contribution < -0.4 is 10.5 Å². The van der Waals surface area contributed by atoms with Crippen LogP contribution in [-0.2, 0) is 16.0 Å². The maximum Gasteiger partial charge on any atom is 0.256 e. The molecule has 1 saturated heterocycles. The molecule has 0 unspecified atom stereocenters. The molecule has 162 valence electrons. The lowest BCUT2D eigenvalue weighted by Gasteiger charge is -2.40. The van der Waals surface area contributed by atoms with Crippen molar-refractivity contribution >= 4 is 17.5 Å². The molecule has 31 heavy (non-hydrogen) atoms. The average Bonchev–Trinajstić information content (AvgIpc) is 3.02. The Hall–Kier alpha value is -3.26. The molecule has 0 saturated carbocycles. The number of hydrogen-bond donors (Lipinski definition) is 1. The van der Waals surface area contributed by atoms with Gasteiger partial charge < -0.3 is 15.4 Å². The van der Waals surface area contributed by atoms with Gasteiger partial charge in [-0.2, -0.15) is 5.10 Å². The predicted molar refractivity (Wildman–Crippen MR) is 114 cm³/mol. The van der Waals surface area contributed by atoms with E-state index in [0.29, 0.717) is 25.1 Å². The minimum Gasteiger partial charge on any atom is -0.491 e. The second-order valence-electron chi connectivity index (χ2n) is 8.00. The van der Waals surface area contributed by atoms with Gasteiger partial charge in [0, 0.05) is 26.6 Å². The van der Waals surface area contributed by atoms with Gasteiger partial charge in [0.05, 0.1) is 5.71 Å². The van der Waals surface area contributed by atoms with Gasteiger partial charge in [0.1, 0.15) is 29.6 Å². The molecule has 2 atom stereocenters. The van der Waals surface area contributed by atoms with Gasteiger partial charge in [-0.15, -0.1) is 0 Å². The third kappa shape index (κ3) is 4.16. The first-order chi connectivity index (χ1) is 14.9. The van der Waals surface area contributed by atoms with E-state index in [2.05, 4.69) is 5.10 Å². The molecular weight excluding hydrogens is 399 g/mol. The van der Waals surface area contributed by atoms with Crippen molar-refractivity contribution in [2.45, 2.75) is 18.9 Å². The number of fused-ring (bicyclic) bond motifs is 1. The number of nitrogens with zero attached hydrogens (tertiary/aromatic N) is 3. The Morgan fingerprint density at radius 2 is 1.94 bits per heavy atom. The molecule has 0 bridgehead atoms. The van der Waals surface area contributed by atoms with E-state index in [1.165, 1.54) is 29.3 Å². The fourth-order valence-electron chi connectivity index (χ4n) is 4.24. The van der Waals surface area contributed by atoms with Crippen LogP contribution in [0.1, 0.15) is 12.0 Å². The largest absolute Gasteiger partial charge is 0.491 e. The van der Waals surface area contributed by atoms with E-state index in [9.17, 15) is 14.0 Å². The van der Waals surface area contributed by atoms with Crippen LogP contribution in [0, 0.1) is 11.2 Å². The first-order valence-corrected chi connectivity index (χ1v) is 10.2. The molecule has 2 aromatic carbocycles. The van der Waals surface area contributed by atoms with E-state index in [-0.39, 0.29) is 30.8 Å². The van der Waals surface area contributed by atoms with E-state index >= 15 is 0 Å². The molecule has 0 aromatic heterocycles. The number of rotatable bonds is 6. The summed E-state index contributed by atoms with van der Waals surface area (Å²) in [6, 6.07) is 14.4. The molecule has 4 rings (SSSR count). The zero-order valence-electron chi connectivity index (χ0n) is 17.3. The number of halogens is 1. The van der Waals surface area contributed by atoms with Crippen LogP contribution in [0.5, 0.6) is 5.75 Å². The van der Waals surface area contributed by atoms with Crippen LogP contribution >= 0.6 is 0 Å². The van der Waals surface area contributed by atoms with Gasteiger partial charge in [-0.05, 0) is 36.2 Å². The minimum atomic E-state index is -0.897. The predicted octanol–water partition coefficient (Wildman–Crippen LogP) is 1.82. The lowest BCUT2D eigenvalue weighted by Crippen LogP contribution is -2.58. The number of ether oxygens (including phenoxy) is 1. The molecule has 2 amide bonds. The highest BCUT2D eigenvalue weighted by Crippen LogP contribution is 2.38. The van der Waals surface area contributed by atoms with Gasteiger partial charge in [-0.1, -0.05) is 30.3 Å². The zero-order valence-corrected chi connectivity index (χ0v) is 17.3. The summed E-state index contributed by atoms with van der Waals surface area (Å²) in [6.45, 7) is 0.633. The van der Waals surface area contributed by atoms with Crippen molar-refractivity contribution in [3.05, 3.63) is 66.0 Å². The lowest BCUT2D eigenvalue weighted by atomic mass is 9.73. The normalized spacial score (nSPS) is 21.5. The SMILES string of the molecule is CN1N=C2CCN(C(=O)[C@H](N)COc3ccc(F)cc3)C[C@@]2(Cc2ccccc2)C1=O. The lowest BCUT2D eigenvalue weighted by molar-refractivity contribution is -0.140. The number of carbonyl (C=O) groups excluding carboxylic acids is 2. The van der Waals surface area contributed by atoms with Crippen LogP contribution in [0.2, 0.25) is 0 Å².